The second-order valence-corrected chi connectivity index (χ2v) is 9.72. The van der Waals surface area contributed by atoms with Crippen molar-refractivity contribution in [3.8, 4) is 0 Å². The van der Waals surface area contributed by atoms with Crippen molar-refractivity contribution < 1.29 is 36.2 Å². The second kappa shape index (κ2) is 9.22. The molecule has 5 nitrogen and oxygen atoms in total. The van der Waals surface area contributed by atoms with Crippen molar-refractivity contribution >= 4 is 11.7 Å². The molecule has 0 spiro atoms. The molecule has 0 radical (unpaired) electrons. The average molecular weight is 493 g/mol. The van der Waals surface area contributed by atoms with Crippen LogP contribution in [-0.2, 0) is 11.3 Å². The van der Waals surface area contributed by atoms with Crippen LogP contribution in [0.25, 0.3) is 0 Å². The van der Waals surface area contributed by atoms with Crippen molar-refractivity contribution in [2.75, 3.05) is 31.1 Å². The zero-order chi connectivity index (χ0) is 24.8. The summed E-state index contributed by atoms with van der Waals surface area (Å²) in [5, 5.41) is 11.7. The number of carboxylic acid groups (broad SMARTS) is 1. The normalized spacial score (nSPS) is 28.5. The number of fused-ring (bicyclic) bond motifs is 1. The Morgan fingerprint density at radius 2 is 1.68 bits per heavy atom. The smallest absolute Gasteiger partial charge is 0.402 e. The maximum atomic E-state index is 13.5. The Kier molecular flexibility index (Phi) is 6.80. The number of anilines is 1. The van der Waals surface area contributed by atoms with E-state index in [1.807, 2.05) is 30.0 Å². The number of carbonyl (C=O) groups is 1. The lowest BCUT2D eigenvalue weighted by atomic mass is 9.84. The lowest BCUT2D eigenvalue weighted by Crippen LogP contribution is -2.53. The third kappa shape index (κ3) is 4.86. The lowest BCUT2D eigenvalue weighted by molar-refractivity contribution is -0.293. The molecule has 4 unspecified atom stereocenters. The fraction of sp³-hybridized carbons (Fsp3) is 0.696. The maximum Gasteiger partial charge on any atom is 0.402 e. The van der Waals surface area contributed by atoms with E-state index in [0.717, 1.165) is 49.2 Å². The van der Waals surface area contributed by atoms with Crippen LogP contribution in [0, 0.1) is 24.7 Å². The molecule has 4 rings (SSSR count). The number of aliphatic carboxylic acids is 1. The maximum absolute atomic E-state index is 13.5. The van der Waals surface area contributed by atoms with Crippen LogP contribution in [0.3, 0.4) is 0 Å². The summed E-state index contributed by atoms with van der Waals surface area (Å²) < 4.78 is 80.8. The van der Waals surface area contributed by atoms with Crippen molar-refractivity contribution in [1.29, 1.82) is 0 Å². The third-order valence-electron chi connectivity index (χ3n) is 7.47. The molecule has 34 heavy (non-hydrogen) atoms. The molecule has 1 aromatic carbocycles. The van der Waals surface area contributed by atoms with Gasteiger partial charge in [-0.3, -0.25) is 9.69 Å². The van der Waals surface area contributed by atoms with Crippen LogP contribution in [0.4, 0.5) is 32.0 Å². The van der Waals surface area contributed by atoms with Gasteiger partial charge in [0.05, 0.1) is 0 Å². The summed E-state index contributed by atoms with van der Waals surface area (Å²) in [5.41, 5.74) is 3.09. The van der Waals surface area contributed by atoms with Crippen LogP contribution >= 0.6 is 0 Å². The standard InChI is InChI=1S/C23H29F6N3O2/c1-13-6-5-7-14(19(13)32-8-3-2-4-9-32)10-31-11-15-16(12-31)18(21(33)34)30-17(15)20(22(24,25)26)23(27,28)29/h5-7,15-18,20,30H,2-4,8-12H2,1H3,(H,33,34). The summed E-state index contributed by atoms with van der Waals surface area (Å²) in [7, 11) is 0. The van der Waals surface area contributed by atoms with E-state index in [2.05, 4.69) is 10.2 Å². The first kappa shape index (κ1) is 25.1. The Balaban J connectivity index is 1.59. The molecule has 11 heteroatoms. The minimum absolute atomic E-state index is 0.0256. The van der Waals surface area contributed by atoms with Crippen molar-refractivity contribution in [1.82, 2.24) is 10.2 Å². The van der Waals surface area contributed by atoms with Gasteiger partial charge in [-0.1, -0.05) is 18.2 Å². The SMILES string of the molecule is Cc1cccc(CN2CC3C(C(=O)O)NC(C(C(F)(F)F)C(F)(F)F)C3C2)c1N1CCCCC1. The number of piperidine rings is 1. The first-order chi connectivity index (χ1) is 15.9. The number of rotatable bonds is 5. The second-order valence-electron chi connectivity index (χ2n) is 9.72. The molecule has 190 valence electrons. The summed E-state index contributed by atoms with van der Waals surface area (Å²) >= 11 is 0. The molecule has 2 N–H and O–H groups in total. The van der Waals surface area contributed by atoms with Crippen LogP contribution in [0.15, 0.2) is 18.2 Å². The van der Waals surface area contributed by atoms with Gasteiger partial charge in [0.25, 0.3) is 0 Å². The molecule has 0 saturated carbocycles. The zero-order valence-electron chi connectivity index (χ0n) is 18.8. The molecule has 0 aliphatic carbocycles. The number of alkyl halides is 6. The van der Waals surface area contributed by atoms with Crippen LogP contribution in [-0.4, -0.2) is 66.6 Å². The quantitative estimate of drug-likeness (QED) is 0.603. The Hall–Kier alpha value is -2.01. The van der Waals surface area contributed by atoms with Gasteiger partial charge in [-0.2, -0.15) is 26.3 Å². The minimum Gasteiger partial charge on any atom is -0.480 e. The number of para-hydroxylation sites is 1. The number of carboxylic acids is 1. The summed E-state index contributed by atoms with van der Waals surface area (Å²) in [6.07, 6.45) is -7.78. The predicted molar refractivity (Wildman–Crippen MR) is 113 cm³/mol. The van der Waals surface area contributed by atoms with E-state index < -0.39 is 48.2 Å². The summed E-state index contributed by atoms with van der Waals surface area (Å²) in [6, 6.07) is 2.33. The Morgan fingerprint density at radius 3 is 2.26 bits per heavy atom. The van der Waals surface area contributed by atoms with Gasteiger partial charge >= 0.3 is 18.3 Å². The lowest BCUT2D eigenvalue weighted by Gasteiger charge is -2.34. The van der Waals surface area contributed by atoms with Crippen LogP contribution < -0.4 is 10.2 Å². The highest BCUT2D eigenvalue weighted by Crippen LogP contribution is 2.49. The van der Waals surface area contributed by atoms with Crippen molar-refractivity contribution in [3.63, 3.8) is 0 Å². The summed E-state index contributed by atoms with van der Waals surface area (Å²) in [6.45, 7) is 4.24. The molecular formula is C23H29F6N3O2. The van der Waals surface area contributed by atoms with E-state index in [4.69, 9.17) is 0 Å². The van der Waals surface area contributed by atoms with E-state index in [-0.39, 0.29) is 13.1 Å². The highest BCUT2D eigenvalue weighted by atomic mass is 19.4. The van der Waals surface area contributed by atoms with E-state index in [1.165, 1.54) is 0 Å². The van der Waals surface area contributed by atoms with Crippen molar-refractivity contribution in [2.24, 2.45) is 17.8 Å². The summed E-state index contributed by atoms with van der Waals surface area (Å²) in [5.74, 6) is -6.94. The van der Waals surface area contributed by atoms with E-state index in [0.29, 0.717) is 6.54 Å². The number of nitrogens with one attached hydrogen (secondary N) is 1. The molecule has 0 aromatic heterocycles. The topological polar surface area (TPSA) is 55.8 Å². The number of aryl methyl sites for hydroxylation is 1. The molecule has 3 aliphatic heterocycles. The van der Waals surface area contributed by atoms with Gasteiger partial charge in [0, 0.05) is 50.4 Å². The van der Waals surface area contributed by atoms with Gasteiger partial charge in [0.1, 0.15) is 6.04 Å². The van der Waals surface area contributed by atoms with Gasteiger partial charge in [0.15, 0.2) is 5.92 Å². The minimum atomic E-state index is -5.53. The number of benzene rings is 1. The predicted octanol–water partition coefficient (Wildman–Crippen LogP) is 4.20. The largest absolute Gasteiger partial charge is 0.480 e. The van der Waals surface area contributed by atoms with Crippen molar-refractivity contribution in [3.05, 3.63) is 29.3 Å². The Bertz CT molecular complexity index is 886. The molecule has 3 heterocycles. The fourth-order valence-corrected chi connectivity index (χ4v) is 6.11. The van der Waals surface area contributed by atoms with E-state index >= 15 is 0 Å². The first-order valence-electron chi connectivity index (χ1n) is 11.6. The zero-order valence-corrected chi connectivity index (χ0v) is 18.8. The number of halogens is 6. The monoisotopic (exact) mass is 493 g/mol. The first-order valence-corrected chi connectivity index (χ1v) is 11.6. The van der Waals surface area contributed by atoms with Crippen LogP contribution in [0.5, 0.6) is 0 Å². The molecule has 3 aliphatic rings. The van der Waals surface area contributed by atoms with Crippen LogP contribution in [0.1, 0.15) is 30.4 Å². The Labute approximate surface area is 194 Å². The summed E-state index contributed by atoms with van der Waals surface area (Å²) in [4.78, 5) is 15.8. The van der Waals surface area contributed by atoms with Crippen molar-refractivity contribution in [2.45, 2.75) is 57.2 Å². The molecule has 0 amide bonds. The molecule has 1 aromatic rings. The molecule has 4 atom stereocenters. The van der Waals surface area contributed by atoms with Gasteiger partial charge in [-0.05, 0) is 43.2 Å². The number of hydrogen-bond donors (Lipinski definition) is 2. The highest BCUT2D eigenvalue weighted by molar-refractivity contribution is 5.74. The van der Waals surface area contributed by atoms with E-state index in [9.17, 15) is 36.2 Å². The van der Waals surface area contributed by atoms with Gasteiger partial charge in [0.2, 0.25) is 0 Å². The highest BCUT2D eigenvalue weighted by Gasteiger charge is 2.66. The molecular weight excluding hydrogens is 464 g/mol. The molecule has 3 fully saturated rings. The van der Waals surface area contributed by atoms with Gasteiger partial charge < -0.3 is 15.3 Å². The van der Waals surface area contributed by atoms with Crippen LogP contribution in [0.2, 0.25) is 0 Å². The third-order valence-corrected chi connectivity index (χ3v) is 7.47. The van der Waals surface area contributed by atoms with E-state index in [1.54, 1.807) is 0 Å². The van der Waals surface area contributed by atoms with Gasteiger partial charge in [-0.25, -0.2) is 0 Å². The number of likely N-dealkylation sites (tertiary alicyclic amines) is 1. The number of nitrogens with zero attached hydrogens (tertiary/aromatic N) is 2. The van der Waals surface area contributed by atoms with Gasteiger partial charge in [-0.15, -0.1) is 0 Å². The average Bonchev–Trinajstić information content (AvgIpc) is 3.26. The number of hydrogen-bond acceptors (Lipinski definition) is 4. The Morgan fingerprint density at radius 1 is 1.06 bits per heavy atom. The molecule has 3 saturated heterocycles. The molecule has 0 bridgehead atoms. The fourth-order valence-electron chi connectivity index (χ4n) is 6.11.